The fourth-order valence-corrected chi connectivity index (χ4v) is 4.54. The lowest BCUT2D eigenvalue weighted by atomic mass is 10.1. The first-order valence-electron chi connectivity index (χ1n) is 10.4. The molecule has 0 saturated carbocycles. The molecule has 0 radical (unpaired) electrons. The van der Waals surface area contributed by atoms with Gasteiger partial charge in [-0.3, -0.25) is 4.79 Å². The fraction of sp³-hybridized carbons (Fsp3) is 0.409. The molecule has 0 bridgehead atoms. The second kappa shape index (κ2) is 11.7. The smallest absolute Gasteiger partial charge is 0.461 e. The molecule has 0 aliphatic carbocycles. The van der Waals surface area contributed by atoms with Gasteiger partial charge in [0, 0.05) is 0 Å². The molecule has 6 nitrogen and oxygen atoms in total. The van der Waals surface area contributed by atoms with Crippen LogP contribution in [0, 0.1) is 35.0 Å². The molecule has 0 aliphatic rings. The zero-order chi connectivity index (χ0) is 25.6. The third-order valence-electron chi connectivity index (χ3n) is 4.58. The normalized spacial score (nSPS) is 14.9. The van der Waals surface area contributed by atoms with Crippen LogP contribution in [0.2, 0.25) is 0 Å². The Bertz CT molecular complexity index is 1020. The van der Waals surface area contributed by atoms with Crippen molar-refractivity contribution in [1.29, 1.82) is 0 Å². The van der Waals surface area contributed by atoms with Crippen molar-refractivity contribution in [1.82, 2.24) is 5.09 Å². The molecule has 2 aromatic rings. The van der Waals surface area contributed by atoms with Crippen molar-refractivity contribution >= 4 is 13.7 Å². The molecular weight excluding hydrogens is 484 g/mol. The number of halogens is 5. The largest absolute Gasteiger partial charge is 0.513 e. The predicted octanol–water partition coefficient (Wildman–Crippen LogP) is 6.29. The Morgan fingerprint density at radius 1 is 0.912 bits per heavy atom. The molecule has 2 rings (SSSR count). The summed E-state index contributed by atoms with van der Waals surface area (Å²) < 4.78 is 98.2. The summed E-state index contributed by atoms with van der Waals surface area (Å²) in [7, 11) is -4.98. The summed E-state index contributed by atoms with van der Waals surface area (Å²) in [5.74, 6) is -15.1. The number of carbonyl (C=O) groups is 1. The lowest BCUT2D eigenvalue weighted by Crippen LogP contribution is -2.43. The topological polar surface area (TPSA) is 73.9 Å². The molecule has 2 aromatic carbocycles. The van der Waals surface area contributed by atoms with E-state index in [4.69, 9.17) is 13.8 Å². The minimum absolute atomic E-state index is 0.127. The maximum absolute atomic E-state index is 14.2. The highest BCUT2D eigenvalue weighted by Gasteiger charge is 2.40. The summed E-state index contributed by atoms with van der Waals surface area (Å²) >= 11 is 0. The van der Waals surface area contributed by atoms with Crippen LogP contribution in [0.5, 0.6) is 11.5 Å². The van der Waals surface area contributed by atoms with Gasteiger partial charge in [-0.1, -0.05) is 45.4 Å². The summed E-state index contributed by atoms with van der Waals surface area (Å²) in [5.41, 5.74) is 0. The van der Waals surface area contributed by atoms with Crippen LogP contribution in [0.25, 0.3) is 0 Å². The van der Waals surface area contributed by atoms with Crippen molar-refractivity contribution < 1.29 is 45.1 Å². The van der Waals surface area contributed by atoms with E-state index in [1.54, 1.807) is 26.8 Å². The first-order valence-corrected chi connectivity index (χ1v) is 12.0. The van der Waals surface area contributed by atoms with E-state index in [9.17, 15) is 31.3 Å². The Labute approximate surface area is 194 Å². The van der Waals surface area contributed by atoms with E-state index in [-0.39, 0.29) is 5.75 Å². The molecule has 0 aromatic heterocycles. The molecule has 3 atom stereocenters. The van der Waals surface area contributed by atoms with Crippen LogP contribution >= 0.6 is 7.75 Å². The standard InChI is InChI=1S/C22H25F5NO5P/c1-5-9-13(4)31-22(29)20(12(2)3)28-34(30,32-14-10-7-6-8-11-14)33-21-18(26)16(24)15(23)17(25)19(21)27/h6-8,10-13,20H,5,9H2,1-4H3,(H,28,30)/t13-,20?,34-/m0/s1. The molecule has 0 fully saturated rings. The summed E-state index contributed by atoms with van der Waals surface area (Å²) in [4.78, 5) is 12.7. The lowest BCUT2D eigenvalue weighted by molar-refractivity contribution is -0.151. The molecule has 0 amide bonds. The Morgan fingerprint density at radius 3 is 1.94 bits per heavy atom. The zero-order valence-corrected chi connectivity index (χ0v) is 19.8. The summed E-state index contributed by atoms with van der Waals surface area (Å²) in [6.07, 6.45) is 0.759. The number of para-hydroxylation sites is 1. The van der Waals surface area contributed by atoms with Gasteiger partial charge in [-0.15, -0.1) is 0 Å². The second-order valence-electron chi connectivity index (χ2n) is 7.78. The molecule has 1 N–H and O–H groups in total. The van der Waals surface area contributed by atoms with Crippen molar-refractivity contribution in [3.8, 4) is 11.5 Å². The number of benzene rings is 2. The molecule has 0 aliphatic heterocycles. The van der Waals surface area contributed by atoms with Crippen LogP contribution in [0.3, 0.4) is 0 Å². The Balaban J connectivity index is 2.49. The van der Waals surface area contributed by atoms with Gasteiger partial charge < -0.3 is 13.8 Å². The lowest BCUT2D eigenvalue weighted by Gasteiger charge is -2.27. The van der Waals surface area contributed by atoms with Gasteiger partial charge in [-0.25, -0.2) is 17.7 Å². The summed E-state index contributed by atoms with van der Waals surface area (Å²) in [6, 6.07) is 5.76. The van der Waals surface area contributed by atoms with Crippen LogP contribution in [0.15, 0.2) is 30.3 Å². The molecule has 0 heterocycles. The van der Waals surface area contributed by atoms with Gasteiger partial charge in [0.05, 0.1) is 6.10 Å². The van der Waals surface area contributed by atoms with Gasteiger partial charge in [0.2, 0.25) is 34.8 Å². The first kappa shape index (κ1) is 27.6. The second-order valence-corrected chi connectivity index (χ2v) is 9.40. The molecule has 34 heavy (non-hydrogen) atoms. The van der Waals surface area contributed by atoms with Gasteiger partial charge in [0.25, 0.3) is 0 Å². The number of rotatable bonds is 11. The van der Waals surface area contributed by atoms with Crippen LogP contribution in [0.4, 0.5) is 22.0 Å². The summed E-state index contributed by atoms with van der Waals surface area (Å²) in [6.45, 7) is 6.62. The fourth-order valence-electron chi connectivity index (χ4n) is 2.86. The van der Waals surface area contributed by atoms with Gasteiger partial charge in [0.15, 0.2) is 0 Å². The van der Waals surface area contributed by atoms with Crippen molar-refractivity contribution in [2.45, 2.75) is 52.7 Å². The van der Waals surface area contributed by atoms with E-state index in [0.29, 0.717) is 12.8 Å². The molecule has 1 unspecified atom stereocenters. The number of carbonyl (C=O) groups excluding carboxylic acids is 1. The SMILES string of the molecule is CCC[C@H](C)OC(=O)C(N[P@](=O)(Oc1ccccc1)Oc1c(F)c(F)c(F)c(F)c1F)C(C)C. The number of hydrogen-bond donors (Lipinski definition) is 1. The van der Waals surface area contributed by atoms with E-state index < -0.39 is 66.6 Å². The Kier molecular flexibility index (Phi) is 9.46. The average molecular weight is 509 g/mol. The molecule has 0 saturated heterocycles. The van der Waals surface area contributed by atoms with E-state index in [1.807, 2.05) is 6.92 Å². The highest BCUT2D eigenvalue weighted by Crippen LogP contribution is 2.48. The maximum atomic E-state index is 14.2. The van der Waals surface area contributed by atoms with Crippen LogP contribution in [-0.4, -0.2) is 18.1 Å². The van der Waals surface area contributed by atoms with Gasteiger partial charge in [0.1, 0.15) is 11.8 Å². The van der Waals surface area contributed by atoms with E-state index in [2.05, 4.69) is 5.09 Å². The van der Waals surface area contributed by atoms with Crippen LogP contribution in [-0.2, 0) is 14.1 Å². The molecule has 12 heteroatoms. The minimum atomic E-state index is -4.98. The predicted molar refractivity (Wildman–Crippen MR) is 114 cm³/mol. The number of nitrogens with one attached hydrogen (secondary N) is 1. The Hall–Kier alpha value is -2.65. The van der Waals surface area contributed by atoms with E-state index in [1.165, 1.54) is 24.3 Å². The van der Waals surface area contributed by atoms with Gasteiger partial charge in [-0.05, 0) is 31.4 Å². The molecule has 0 spiro atoms. The number of ether oxygens (including phenoxy) is 1. The van der Waals surface area contributed by atoms with E-state index >= 15 is 0 Å². The number of hydrogen-bond acceptors (Lipinski definition) is 5. The minimum Gasteiger partial charge on any atom is -0.461 e. The van der Waals surface area contributed by atoms with Gasteiger partial charge in [-0.2, -0.15) is 13.9 Å². The van der Waals surface area contributed by atoms with Crippen molar-refractivity contribution in [2.75, 3.05) is 0 Å². The van der Waals surface area contributed by atoms with E-state index in [0.717, 1.165) is 0 Å². The van der Waals surface area contributed by atoms with Crippen LogP contribution < -0.4 is 14.1 Å². The highest BCUT2D eigenvalue weighted by molar-refractivity contribution is 7.52. The average Bonchev–Trinajstić information content (AvgIpc) is 2.78. The zero-order valence-electron chi connectivity index (χ0n) is 18.9. The van der Waals surface area contributed by atoms with Crippen molar-refractivity contribution in [3.63, 3.8) is 0 Å². The van der Waals surface area contributed by atoms with Crippen LogP contribution in [0.1, 0.15) is 40.5 Å². The van der Waals surface area contributed by atoms with Crippen molar-refractivity contribution in [3.05, 3.63) is 59.4 Å². The number of esters is 1. The molecule has 188 valence electrons. The Morgan fingerprint density at radius 2 is 1.44 bits per heavy atom. The third kappa shape index (κ3) is 6.70. The monoisotopic (exact) mass is 509 g/mol. The summed E-state index contributed by atoms with van der Waals surface area (Å²) in [5, 5.41) is 2.25. The highest BCUT2D eigenvalue weighted by atomic mass is 31.2. The third-order valence-corrected chi connectivity index (χ3v) is 6.05. The maximum Gasteiger partial charge on any atom is 0.513 e. The molecular formula is C22H25F5NO5P. The quantitative estimate of drug-likeness (QED) is 0.126. The van der Waals surface area contributed by atoms with Gasteiger partial charge >= 0.3 is 13.7 Å². The van der Waals surface area contributed by atoms with Crippen molar-refractivity contribution in [2.24, 2.45) is 5.92 Å². The first-order chi connectivity index (χ1) is 15.9.